The molecule has 0 bridgehead atoms. The van der Waals surface area contributed by atoms with Gasteiger partial charge >= 0.3 is 5.97 Å². The third-order valence-corrected chi connectivity index (χ3v) is 5.80. The third-order valence-electron chi connectivity index (χ3n) is 3.83. The summed E-state index contributed by atoms with van der Waals surface area (Å²) < 4.78 is 27.7. The molecule has 0 radical (unpaired) electrons. The molecule has 0 atom stereocenters. The van der Waals surface area contributed by atoms with E-state index in [4.69, 9.17) is 16.7 Å². The highest BCUT2D eigenvalue weighted by Gasteiger charge is 2.40. The Morgan fingerprint density at radius 1 is 1.38 bits per heavy atom. The summed E-state index contributed by atoms with van der Waals surface area (Å²) in [5.74, 6) is -0.993. The SMILES string of the molecule is Cc1cc(Cl)ccc1S(=O)(=O)NC1(CC(=O)O)CCCC1. The number of hydrogen-bond acceptors (Lipinski definition) is 3. The Bertz CT molecular complexity index is 651. The Morgan fingerprint density at radius 2 is 2.00 bits per heavy atom. The number of aliphatic carboxylic acids is 1. The number of nitrogens with one attached hydrogen (secondary N) is 1. The highest BCUT2D eigenvalue weighted by Crippen LogP contribution is 2.34. The van der Waals surface area contributed by atoms with Crippen LogP contribution >= 0.6 is 11.6 Å². The van der Waals surface area contributed by atoms with E-state index in [-0.39, 0.29) is 11.3 Å². The number of halogens is 1. The molecule has 116 valence electrons. The molecule has 5 nitrogen and oxygen atoms in total. The van der Waals surface area contributed by atoms with Crippen molar-refractivity contribution in [2.24, 2.45) is 0 Å². The van der Waals surface area contributed by atoms with Crippen LogP contribution in [-0.2, 0) is 14.8 Å². The van der Waals surface area contributed by atoms with E-state index in [1.165, 1.54) is 12.1 Å². The minimum absolute atomic E-state index is 0.142. The maximum absolute atomic E-state index is 12.6. The van der Waals surface area contributed by atoms with Crippen molar-refractivity contribution in [2.45, 2.75) is 49.5 Å². The van der Waals surface area contributed by atoms with Crippen LogP contribution in [0.25, 0.3) is 0 Å². The van der Waals surface area contributed by atoms with Crippen molar-refractivity contribution in [3.8, 4) is 0 Å². The highest BCUT2D eigenvalue weighted by atomic mass is 35.5. The molecule has 1 fully saturated rings. The fraction of sp³-hybridized carbons (Fsp3) is 0.500. The van der Waals surface area contributed by atoms with Gasteiger partial charge in [-0.05, 0) is 43.5 Å². The van der Waals surface area contributed by atoms with Crippen molar-refractivity contribution in [3.05, 3.63) is 28.8 Å². The van der Waals surface area contributed by atoms with Gasteiger partial charge in [0.2, 0.25) is 10.0 Å². The third kappa shape index (κ3) is 3.75. The summed E-state index contributed by atoms with van der Waals surface area (Å²) in [4.78, 5) is 11.2. The number of carbonyl (C=O) groups is 1. The second kappa shape index (κ2) is 5.94. The Labute approximate surface area is 129 Å². The van der Waals surface area contributed by atoms with E-state index in [2.05, 4.69) is 4.72 Å². The lowest BCUT2D eigenvalue weighted by atomic mass is 9.95. The molecule has 2 rings (SSSR count). The Hall–Kier alpha value is -1.11. The van der Waals surface area contributed by atoms with Crippen LogP contribution in [0.2, 0.25) is 5.02 Å². The molecule has 1 aromatic rings. The van der Waals surface area contributed by atoms with E-state index in [0.29, 0.717) is 23.4 Å². The van der Waals surface area contributed by atoms with Crippen LogP contribution in [0.15, 0.2) is 23.1 Å². The molecule has 0 unspecified atom stereocenters. The van der Waals surface area contributed by atoms with Crippen molar-refractivity contribution in [1.29, 1.82) is 0 Å². The first kappa shape index (κ1) is 16.3. The molecule has 1 saturated carbocycles. The van der Waals surface area contributed by atoms with Crippen LogP contribution in [0.4, 0.5) is 0 Å². The number of rotatable bonds is 5. The summed E-state index contributed by atoms with van der Waals surface area (Å²) in [6, 6.07) is 4.54. The lowest BCUT2D eigenvalue weighted by Gasteiger charge is -2.28. The second-order valence-corrected chi connectivity index (χ2v) is 7.66. The number of hydrogen-bond donors (Lipinski definition) is 2. The molecule has 0 amide bonds. The molecule has 7 heteroatoms. The van der Waals surface area contributed by atoms with Crippen molar-refractivity contribution >= 4 is 27.6 Å². The minimum atomic E-state index is -3.77. The minimum Gasteiger partial charge on any atom is -0.481 e. The summed E-state index contributed by atoms with van der Waals surface area (Å²) in [5.41, 5.74) is -0.338. The summed E-state index contributed by atoms with van der Waals surface area (Å²) in [5, 5.41) is 9.51. The molecular weight excluding hydrogens is 314 g/mol. The number of aryl methyl sites for hydroxylation is 1. The van der Waals surface area contributed by atoms with Crippen LogP contribution < -0.4 is 4.72 Å². The molecule has 0 aliphatic heterocycles. The van der Waals surface area contributed by atoms with Gasteiger partial charge in [-0.3, -0.25) is 4.79 Å². The standard InChI is InChI=1S/C14H18ClNO4S/c1-10-8-11(15)4-5-12(10)21(19,20)16-14(9-13(17)18)6-2-3-7-14/h4-5,8,16H,2-3,6-7,9H2,1H3,(H,17,18). The maximum atomic E-state index is 12.6. The number of sulfonamides is 1. The molecular formula is C14H18ClNO4S. The molecule has 0 aromatic heterocycles. The van der Waals surface area contributed by atoms with Gasteiger partial charge in [0.05, 0.1) is 11.3 Å². The smallest absolute Gasteiger partial charge is 0.305 e. The van der Waals surface area contributed by atoms with Crippen LogP contribution in [0.5, 0.6) is 0 Å². The van der Waals surface area contributed by atoms with Crippen molar-refractivity contribution in [2.75, 3.05) is 0 Å². The van der Waals surface area contributed by atoms with E-state index in [1.807, 2.05) is 0 Å². The van der Waals surface area contributed by atoms with Crippen molar-refractivity contribution < 1.29 is 18.3 Å². The normalized spacial score (nSPS) is 17.8. The van der Waals surface area contributed by atoms with Crippen LogP contribution in [0, 0.1) is 6.92 Å². The van der Waals surface area contributed by atoms with Crippen molar-refractivity contribution in [1.82, 2.24) is 4.72 Å². The van der Waals surface area contributed by atoms with Gasteiger partial charge in [-0.1, -0.05) is 24.4 Å². The van der Waals surface area contributed by atoms with Crippen LogP contribution in [0.1, 0.15) is 37.7 Å². The zero-order valence-corrected chi connectivity index (χ0v) is 13.3. The molecule has 1 aliphatic carbocycles. The lowest BCUT2D eigenvalue weighted by Crippen LogP contribution is -2.47. The molecule has 0 saturated heterocycles. The molecule has 21 heavy (non-hydrogen) atoms. The summed E-state index contributed by atoms with van der Waals surface area (Å²) in [6.07, 6.45) is 2.56. The molecule has 1 aliphatic rings. The highest BCUT2D eigenvalue weighted by molar-refractivity contribution is 7.89. The fourth-order valence-electron chi connectivity index (χ4n) is 2.91. The zero-order chi connectivity index (χ0) is 15.7. The zero-order valence-electron chi connectivity index (χ0n) is 11.7. The van der Waals surface area contributed by atoms with Gasteiger partial charge in [0.25, 0.3) is 0 Å². The second-order valence-electron chi connectivity index (χ2n) is 5.57. The first-order chi connectivity index (χ1) is 9.74. The topological polar surface area (TPSA) is 83.5 Å². The molecule has 2 N–H and O–H groups in total. The number of carboxylic acid groups (broad SMARTS) is 1. The quantitative estimate of drug-likeness (QED) is 0.869. The summed E-state index contributed by atoms with van der Waals surface area (Å²) in [7, 11) is -3.77. The molecule has 0 heterocycles. The fourth-order valence-corrected chi connectivity index (χ4v) is 4.82. The van der Waals surface area contributed by atoms with E-state index >= 15 is 0 Å². The average molecular weight is 332 g/mol. The van der Waals surface area contributed by atoms with Gasteiger partial charge in [0.1, 0.15) is 0 Å². The Morgan fingerprint density at radius 3 is 2.52 bits per heavy atom. The average Bonchev–Trinajstić information content (AvgIpc) is 2.74. The Kier molecular flexibility index (Phi) is 4.60. The lowest BCUT2D eigenvalue weighted by molar-refractivity contribution is -0.138. The van der Waals surface area contributed by atoms with Crippen LogP contribution in [-0.4, -0.2) is 25.0 Å². The van der Waals surface area contributed by atoms with Gasteiger partial charge in [-0.2, -0.15) is 0 Å². The predicted octanol–water partition coefficient (Wildman–Crippen LogP) is 2.71. The molecule has 1 aromatic carbocycles. The van der Waals surface area contributed by atoms with Crippen molar-refractivity contribution in [3.63, 3.8) is 0 Å². The Balaban J connectivity index is 2.32. The van der Waals surface area contributed by atoms with E-state index in [0.717, 1.165) is 12.8 Å². The number of benzene rings is 1. The van der Waals surface area contributed by atoms with Crippen LogP contribution in [0.3, 0.4) is 0 Å². The maximum Gasteiger partial charge on any atom is 0.305 e. The molecule has 0 spiro atoms. The van der Waals surface area contributed by atoms with E-state index in [9.17, 15) is 13.2 Å². The largest absolute Gasteiger partial charge is 0.481 e. The monoisotopic (exact) mass is 331 g/mol. The summed E-state index contributed by atoms with van der Waals surface area (Å²) in [6.45, 7) is 1.67. The van der Waals surface area contributed by atoms with E-state index < -0.39 is 21.5 Å². The van der Waals surface area contributed by atoms with Gasteiger partial charge in [0.15, 0.2) is 0 Å². The van der Waals surface area contributed by atoms with Gasteiger partial charge < -0.3 is 5.11 Å². The summed E-state index contributed by atoms with van der Waals surface area (Å²) >= 11 is 5.84. The van der Waals surface area contributed by atoms with Gasteiger partial charge in [0, 0.05) is 10.6 Å². The first-order valence-corrected chi connectivity index (χ1v) is 8.62. The van der Waals surface area contributed by atoms with Gasteiger partial charge in [-0.25, -0.2) is 13.1 Å². The number of carboxylic acids is 1. The predicted molar refractivity (Wildman–Crippen MR) is 80.0 cm³/mol. The van der Waals surface area contributed by atoms with Gasteiger partial charge in [-0.15, -0.1) is 0 Å². The van der Waals surface area contributed by atoms with E-state index in [1.54, 1.807) is 13.0 Å². The first-order valence-electron chi connectivity index (χ1n) is 6.76.